The molecule has 0 heterocycles. The molecule has 0 bridgehead atoms. The first-order valence-corrected chi connectivity index (χ1v) is 7.06. The number of amides is 2. The second kappa shape index (κ2) is 8.03. The molecule has 0 aromatic heterocycles. The molecule has 2 amide bonds. The van der Waals surface area contributed by atoms with Crippen LogP contribution in [0.1, 0.15) is 37.3 Å². The second-order valence-electron chi connectivity index (χ2n) is 5.30. The van der Waals surface area contributed by atoms with E-state index in [2.05, 4.69) is 10.6 Å². The highest BCUT2D eigenvalue weighted by Crippen LogP contribution is 2.31. The summed E-state index contributed by atoms with van der Waals surface area (Å²) >= 11 is 0. The SMILES string of the molecule is CC(CO)NC(=O)NCCC(C)c1cccc(C(F)(F)F)c1. The van der Waals surface area contributed by atoms with Gasteiger partial charge in [-0.05, 0) is 30.9 Å². The summed E-state index contributed by atoms with van der Waals surface area (Å²) in [7, 11) is 0. The average Bonchev–Trinajstić information content (AvgIpc) is 2.46. The lowest BCUT2D eigenvalue weighted by Crippen LogP contribution is -2.42. The topological polar surface area (TPSA) is 61.4 Å². The highest BCUT2D eigenvalue weighted by atomic mass is 19.4. The molecule has 3 N–H and O–H groups in total. The Bertz CT molecular complexity index is 492. The zero-order valence-electron chi connectivity index (χ0n) is 12.6. The minimum atomic E-state index is -4.35. The van der Waals surface area contributed by atoms with E-state index in [1.54, 1.807) is 13.0 Å². The van der Waals surface area contributed by atoms with Crippen LogP contribution in [0.25, 0.3) is 0 Å². The number of carbonyl (C=O) groups is 1. The Labute approximate surface area is 127 Å². The molecular weight excluding hydrogens is 297 g/mol. The first kappa shape index (κ1) is 18.3. The quantitative estimate of drug-likeness (QED) is 0.755. The Morgan fingerprint density at radius 1 is 1.32 bits per heavy atom. The average molecular weight is 318 g/mol. The Morgan fingerprint density at radius 3 is 2.59 bits per heavy atom. The van der Waals surface area contributed by atoms with Crippen LogP contribution in [-0.2, 0) is 6.18 Å². The number of halogens is 3. The number of aliphatic hydroxyl groups excluding tert-OH is 1. The van der Waals surface area contributed by atoms with Crippen molar-refractivity contribution < 1.29 is 23.1 Å². The standard InChI is InChI=1S/C15H21F3N2O2/c1-10(6-7-19-14(22)20-11(2)9-21)12-4-3-5-13(8-12)15(16,17)18/h3-5,8,10-11,21H,6-7,9H2,1-2H3,(H2,19,20,22). The lowest BCUT2D eigenvalue weighted by atomic mass is 9.96. The summed E-state index contributed by atoms with van der Waals surface area (Å²) in [5.74, 6) is -0.113. The molecule has 0 saturated heterocycles. The van der Waals surface area contributed by atoms with Gasteiger partial charge in [-0.2, -0.15) is 13.2 Å². The molecule has 0 saturated carbocycles. The summed E-state index contributed by atoms with van der Waals surface area (Å²) < 4.78 is 38.0. The van der Waals surface area contributed by atoms with Crippen molar-refractivity contribution in [1.29, 1.82) is 0 Å². The molecule has 124 valence electrons. The number of benzene rings is 1. The lowest BCUT2D eigenvalue weighted by Gasteiger charge is -2.16. The third kappa shape index (κ3) is 5.93. The van der Waals surface area contributed by atoms with Crippen LogP contribution in [0.2, 0.25) is 0 Å². The van der Waals surface area contributed by atoms with Crippen LogP contribution in [0.4, 0.5) is 18.0 Å². The maximum absolute atomic E-state index is 12.7. The fourth-order valence-electron chi connectivity index (χ4n) is 1.91. The fraction of sp³-hybridized carbons (Fsp3) is 0.533. The molecule has 1 aromatic rings. The Kier molecular flexibility index (Phi) is 6.67. The summed E-state index contributed by atoms with van der Waals surface area (Å²) in [5.41, 5.74) is -0.0833. The van der Waals surface area contributed by atoms with E-state index in [0.717, 1.165) is 12.1 Å². The number of alkyl halides is 3. The molecule has 0 radical (unpaired) electrons. The van der Waals surface area contributed by atoms with Crippen LogP contribution in [0, 0.1) is 0 Å². The van der Waals surface area contributed by atoms with E-state index < -0.39 is 17.8 Å². The fourth-order valence-corrected chi connectivity index (χ4v) is 1.91. The number of rotatable bonds is 6. The van der Waals surface area contributed by atoms with Crippen LogP contribution in [0.3, 0.4) is 0 Å². The number of urea groups is 1. The first-order valence-electron chi connectivity index (χ1n) is 7.06. The Hall–Kier alpha value is -1.76. The molecule has 2 atom stereocenters. The summed E-state index contributed by atoms with van der Waals surface area (Å²) in [4.78, 5) is 11.4. The van der Waals surface area contributed by atoms with E-state index in [4.69, 9.17) is 5.11 Å². The minimum Gasteiger partial charge on any atom is -0.394 e. The molecule has 0 fully saturated rings. The first-order chi connectivity index (χ1) is 10.2. The van der Waals surface area contributed by atoms with Crippen LogP contribution < -0.4 is 10.6 Å². The van der Waals surface area contributed by atoms with Gasteiger partial charge in [0.15, 0.2) is 0 Å². The van der Waals surface area contributed by atoms with E-state index >= 15 is 0 Å². The van der Waals surface area contributed by atoms with Gasteiger partial charge in [0.1, 0.15) is 0 Å². The zero-order chi connectivity index (χ0) is 16.8. The van der Waals surface area contributed by atoms with Crippen molar-refractivity contribution in [2.75, 3.05) is 13.2 Å². The maximum atomic E-state index is 12.7. The highest BCUT2D eigenvalue weighted by Gasteiger charge is 2.30. The molecule has 7 heteroatoms. The van der Waals surface area contributed by atoms with Crippen molar-refractivity contribution in [2.45, 2.75) is 38.4 Å². The van der Waals surface area contributed by atoms with Crippen LogP contribution in [0.15, 0.2) is 24.3 Å². The van der Waals surface area contributed by atoms with Crippen molar-refractivity contribution in [3.8, 4) is 0 Å². The molecule has 22 heavy (non-hydrogen) atoms. The predicted octanol–water partition coefficient (Wildman–Crippen LogP) is 2.88. The summed E-state index contributed by atoms with van der Waals surface area (Å²) in [6.07, 6.45) is -3.84. The molecule has 0 aliphatic carbocycles. The summed E-state index contributed by atoms with van der Waals surface area (Å²) in [5, 5.41) is 13.9. The summed E-state index contributed by atoms with van der Waals surface area (Å²) in [6.45, 7) is 3.64. The van der Waals surface area contributed by atoms with E-state index in [-0.39, 0.29) is 18.6 Å². The van der Waals surface area contributed by atoms with Crippen molar-refractivity contribution >= 4 is 6.03 Å². The van der Waals surface area contributed by atoms with Crippen molar-refractivity contribution in [2.24, 2.45) is 0 Å². The third-order valence-electron chi connectivity index (χ3n) is 3.30. The van der Waals surface area contributed by atoms with E-state index in [9.17, 15) is 18.0 Å². The monoisotopic (exact) mass is 318 g/mol. The lowest BCUT2D eigenvalue weighted by molar-refractivity contribution is -0.137. The zero-order valence-corrected chi connectivity index (χ0v) is 12.6. The molecule has 0 spiro atoms. The van der Waals surface area contributed by atoms with Gasteiger partial charge in [-0.25, -0.2) is 4.79 Å². The number of carbonyl (C=O) groups excluding carboxylic acids is 1. The van der Waals surface area contributed by atoms with Crippen molar-refractivity contribution in [1.82, 2.24) is 10.6 Å². The number of aliphatic hydroxyl groups is 1. The molecule has 0 aliphatic heterocycles. The molecule has 4 nitrogen and oxygen atoms in total. The molecular formula is C15H21F3N2O2. The van der Waals surface area contributed by atoms with Crippen molar-refractivity contribution in [3.05, 3.63) is 35.4 Å². The number of hydrogen-bond acceptors (Lipinski definition) is 2. The Morgan fingerprint density at radius 2 is 2.00 bits per heavy atom. The molecule has 2 unspecified atom stereocenters. The van der Waals surface area contributed by atoms with E-state index in [1.807, 2.05) is 6.92 Å². The third-order valence-corrected chi connectivity index (χ3v) is 3.30. The van der Waals surface area contributed by atoms with Gasteiger partial charge in [-0.15, -0.1) is 0 Å². The van der Waals surface area contributed by atoms with Crippen molar-refractivity contribution in [3.63, 3.8) is 0 Å². The highest BCUT2D eigenvalue weighted by molar-refractivity contribution is 5.74. The van der Waals surface area contributed by atoms with Gasteiger partial charge in [0.05, 0.1) is 18.2 Å². The summed E-state index contributed by atoms with van der Waals surface area (Å²) in [6, 6.07) is 4.46. The Balaban J connectivity index is 2.49. The van der Waals surface area contributed by atoms with Gasteiger partial charge in [0.25, 0.3) is 0 Å². The van der Waals surface area contributed by atoms with Crippen LogP contribution in [-0.4, -0.2) is 30.3 Å². The maximum Gasteiger partial charge on any atom is 0.416 e. The second-order valence-corrected chi connectivity index (χ2v) is 5.30. The number of nitrogens with one attached hydrogen (secondary N) is 2. The van der Waals surface area contributed by atoms with Crippen LogP contribution in [0.5, 0.6) is 0 Å². The van der Waals surface area contributed by atoms with E-state index in [1.165, 1.54) is 6.07 Å². The van der Waals surface area contributed by atoms with Gasteiger partial charge >= 0.3 is 12.2 Å². The van der Waals surface area contributed by atoms with Gasteiger partial charge in [0, 0.05) is 6.54 Å². The normalized spacial score (nSPS) is 14.3. The van der Waals surface area contributed by atoms with Gasteiger partial charge in [0.2, 0.25) is 0 Å². The van der Waals surface area contributed by atoms with Gasteiger partial charge < -0.3 is 15.7 Å². The smallest absolute Gasteiger partial charge is 0.394 e. The predicted molar refractivity (Wildman–Crippen MR) is 77.6 cm³/mol. The van der Waals surface area contributed by atoms with E-state index in [0.29, 0.717) is 18.5 Å². The molecule has 0 aliphatic rings. The van der Waals surface area contributed by atoms with Crippen LogP contribution >= 0.6 is 0 Å². The largest absolute Gasteiger partial charge is 0.416 e. The molecule has 1 rings (SSSR count). The minimum absolute atomic E-state index is 0.113. The molecule has 1 aromatic carbocycles. The van der Waals surface area contributed by atoms with Gasteiger partial charge in [-0.1, -0.05) is 25.1 Å². The van der Waals surface area contributed by atoms with Gasteiger partial charge in [-0.3, -0.25) is 0 Å². The number of hydrogen-bond donors (Lipinski definition) is 3.